The second-order valence-corrected chi connectivity index (χ2v) is 9.99. The van der Waals surface area contributed by atoms with Gasteiger partial charge in [-0.3, -0.25) is 9.59 Å². The van der Waals surface area contributed by atoms with Crippen LogP contribution in [0.5, 0.6) is 5.75 Å². The van der Waals surface area contributed by atoms with Gasteiger partial charge in [-0.1, -0.05) is 53.5 Å². The van der Waals surface area contributed by atoms with E-state index in [0.717, 1.165) is 11.1 Å². The molecule has 11 nitrogen and oxygen atoms in total. The van der Waals surface area contributed by atoms with Crippen LogP contribution < -0.4 is 32.2 Å². The number of carboxylic acids is 1. The van der Waals surface area contributed by atoms with Crippen LogP contribution in [-0.4, -0.2) is 54.6 Å². The summed E-state index contributed by atoms with van der Waals surface area (Å²) in [6.07, 6.45) is 0.587. The molecule has 0 unspecified atom stereocenters. The number of nitrogens with zero attached hydrogens (tertiary/aromatic N) is 1. The summed E-state index contributed by atoms with van der Waals surface area (Å²) in [5.41, 5.74) is 13.7. The molecule has 1 aliphatic heterocycles. The summed E-state index contributed by atoms with van der Waals surface area (Å²) in [6.45, 7) is -0.0358. The molecule has 0 saturated carbocycles. The van der Waals surface area contributed by atoms with Crippen molar-refractivity contribution in [3.05, 3.63) is 81.8 Å². The summed E-state index contributed by atoms with van der Waals surface area (Å²) in [5, 5.41) is 17.8. The summed E-state index contributed by atoms with van der Waals surface area (Å²) in [4.78, 5) is 41.4. The molecule has 214 valence electrons. The van der Waals surface area contributed by atoms with Gasteiger partial charge >= 0.3 is 5.97 Å². The number of carboxylic acid groups (broad SMARTS) is 1. The van der Waals surface area contributed by atoms with Gasteiger partial charge in [0.1, 0.15) is 11.8 Å². The van der Waals surface area contributed by atoms with E-state index in [1.807, 2.05) is 30.3 Å². The molecule has 2 amide bonds. The van der Waals surface area contributed by atoms with Crippen LogP contribution in [0, 0.1) is 0 Å². The lowest BCUT2D eigenvalue weighted by Crippen LogP contribution is -2.49. The molecule has 4 rings (SSSR count). The number of benzene rings is 3. The van der Waals surface area contributed by atoms with Crippen molar-refractivity contribution in [1.29, 1.82) is 0 Å². The van der Waals surface area contributed by atoms with Crippen molar-refractivity contribution in [2.75, 3.05) is 19.7 Å². The molecule has 13 heteroatoms. The summed E-state index contributed by atoms with van der Waals surface area (Å²) in [7, 11) is 0. The van der Waals surface area contributed by atoms with Gasteiger partial charge < -0.3 is 37.3 Å². The Morgan fingerprint density at radius 3 is 2.39 bits per heavy atom. The Hall–Kier alpha value is -4.32. The normalized spacial score (nSPS) is 14.6. The molecule has 3 aromatic carbocycles. The van der Waals surface area contributed by atoms with E-state index in [2.05, 4.69) is 20.9 Å². The molecule has 2 atom stereocenters. The average Bonchev–Trinajstić information content (AvgIpc) is 2.93. The Labute approximate surface area is 245 Å². The molecule has 3 aromatic rings. The second-order valence-electron chi connectivity index (χ2n) is 9.18. The zero-order valence-electron chi connectivity index (χ0n) is 21.7. The van der Waals surface area contributed by atoms with Gasteiger partial charge in [0.15, 0.2) is 5.96 Å². The number of fused-ring (bicyclic) bond motifs is 1. The first kappa shape index (κ1) is 29.7. The lowest BCUT2D eigenvalue weighted by molar-refractivity contribution is -0.139. The monoisotopic (exact) mass is 598 g/mol. The van der Waals surface area contributed by atoms with E-state index >= 15 is 0 Å². The zero-order valence-corrected chi connectivity index (χ0v) is 23.2. The molecular weight excluding hydrogens is 571 g/mol. The Bertz CT molecular complexity index is 1460. The van der Waals surface area contributed by atoms with Crippen LogP contribution in [0.4, 0.5) is 5.69 Å². The highest BCUT2D eigenvalue weighted by molar-refractivity contribution is 6.40. The van der Waals surface area contributed by atoms with E-state index in [9.17, 15) is 19.5 Å². The molecule has 0 saturated heterocycles. The minimum atomic E-state index is -1.43. The molecule has 8 N–H and O–H groups in total. The summed E-state index contributed by atoms with van der Waals surface area (Å²) >= 11 is 12.7. The highest BCUT2D eigenvalue weighted by Crippen LogP contribution is 2.35. The van der Waals surface area contributed by atoms with Gasteiger partial charge in [-0.2, -0.15) is 0 Å². The molecule has 0 aromatic heterocycles. The van der Waals surface area contributed by atoms with E-state index in [1.165, 1.54) is 0 Å². The summed E-state index contributed by atoms with van der Waals surface area (Å²) in [6, 6.07) is 16.0. The number of aliphatic imine (C=N–C) groups is 1. The smallest absolute Gasteiger partial charge is 0.328 e. The largest absolute Gasteiger partial charge is 0.493 e. The summed E-state index contributed by atoms with van der Waals surface area (Å²) < 4.78 is 5.67. The van der Waals surface area contributed by atoms with Gasteiger partial charge in [-0.05, 0) is 41.5 Å². The van der Waals surface area contributed by atoms with Crippen molar-refractivity contribution in [3.8, 4) is 16.9 Å². The first-order chi connectivity index (χ1) is 19.6. The number of carbonyl (C=O) groups excluding carboxylic acids is 2. The fourth-order valence-corrected chi connectivity index (χ4v) is 4.98. The van der Waals surface area contributed by atoms with Crippen molar-refractivity contribution in [2.24, 2.45) is 16.5 Å². The van der Waals surface area contributed by atoms with Gasteiger partial charge in [-0.15, -0.1) is 0 Å². The third-order valence-corrected chi connectivity index (χ3v) is 6.88. The molecule has 0 fully saturated rings. The highest BCUT2D eigenvalue weighted by Gasteiger charge is 2.26. The lowest BCUT2D eigenvalue weighted by Gasteiger charge is -2.27. The lowest BCUT2D eigenvalue weighted by atomic mass is 10.00. The molecular formula is C28H28Cl2N6O5. The van der Waals surface area contributed by atoms with Crippen molar-refractivity contribution in [3.63, 3.8) is 0 Å². The fourth-order valence-electron chi connectivity index (χ4n) is 4.32. The van der Waals surface area contributed by atoms with Gasteiger partial charge in [0.25, 0.3) is 5.91 Å². The Kier molecular flexibility index (Phi) is 9.66. The molecule has 1 heterocycles. The quantitative estimate of drug-likeness (QED) is 0.152. The maximum Gasteiger partial charge on any atom is 0.328 e. The number of guanidine groups is 1. The first-order valence-electron chi connectivity index (χ1n) is 12.6. The van der Waals surface area contributed by atoms with Crippen molar-refractivity contribution in [1.82, 2.24) is 16.0 Å². The topological polar surface area (TPSA) is 181 Å². The van der Waals surface area contributed by atoms with E-state index in [4.69, 9.17) is 39.4 Å². The van der Waals surface area contributed by atoms with Gasteiger partial charge in [0, 0.05) is 24.6 Å². The van der Waals surface area contributed by atoms with Crippen LogP contribution in [0.3, 0.4) is 0 Å². The average molecular weight is 599 g/mol. The number of hydrogen-bond acceptors (Lipinski definition) is 6. The van der Waals surface area contributed by atoms with Crippen LogP contribution >= 0.6 is 23.2 Å². The number of aliphatic carboxylic acids is 1. The number of carbonyl (C=O) groups is 3. The van der Waals surface area contributed by atoms with Crippen LogP contribution in [0.2, 0.25) is 10.0 Å². The first-order valence-corrected chi connectivity index (χ1v) is 13.3. The van der Waals surface area contributed by atoms with Crippen molar-refractivity contribution in [2.45, 2.75) is 18.5 Å². The predicted octanol–water partition coefficient (Wildman–Crippen LogP) is 2.98. The number of hydrogen-bond donors (Lipinski definition) is 6. The zero-order chi connectivity index (χ0) is 29.5. The second kappa shape index (κ2) is 13.4. The Balaban J connectivity index is 1.35. The maximum absolute atomic E-state index is 12.9. The number of rotatable bonds is 10. The van der Waals surface area contributed by atoms with Crippen molar-refractivity contribution < 1.29 is 24.2 Å². The fraction of sp³-hybridized carbons (Fsp3) is 0.214. The number of halogens is 2. The van der Waals surface area contributed by atoms with Crippen LogP contribution in [0.1, 0.15) is 28.4 Å². The number of nitrogens with two attached hydrogens (primary N) is 2. The standard InChI is InChI=1S/C28H28Cl2N6O5/c29-19-10-16(15-4-2-1-3-5-15)11-20(30)25(19)26(38)36-22(27(39)40)13-34-24(37)14-33-21-8-9-41-23-7-6-17(12-18(21)23)35-28(31)32/h1-7,10-12,21-22,33H,8-9,13-14H2,(H,34,37)(H,36,38)(H,39,40)(H4,31,32,35)/t21-,22+/m0/s1. The predicted molar refractivity (Wildman–Crippen MR) is 157 cm³/mol. The third-order valence-electron chi connectivity index (χ3n) is 6.28. The van der Waals surface area contributed by atoms with Crippen LogP contribution in [-0.2, 0) is 9.59 Å². The Morgan fingerprint density at radius 2 is 1.73 bits per heavy atom. The Morgan fingerprint density at radius 1 is 1.02 bits per heavy atom. The minimum Gasteiger partial charge on any atom is -0.493 e. The van der Waals surface area contributed by atoms with E-state index in [0.29, 0.717) is 30.0 Å². The highest BCUT2D eigenvalue weighted by atomic mass is 35.5. The van der Waals surface area contributed by atoms with Gasteiger partial charge in [0.05, 0.1) is 34.4 Å². The third kappa shape index (κ3) is 7.66. The van der Waals surface area contributed by atoms with E-state index in [-0.39, 0.29) is 40.7 Å². The molecule has 0 spiro atoms. The number of nitrogens with one attached hydrogen (secondary N) is 3. The number of amides is 2. The van der Waals surface area contributed by atoms with E-state index < -0.39 is 23.8 Å². The molecule has 0 radical (unpaired) electrons. The molecule has 1 aliphatic rings. The summed E-state index contributed by atoms with van der Waals surface area (Å²) in [5.74, 6) is -2.03. The minimum absolute atomic E-state index is 0.0611. The maximum atomic E-state index is 12.9. The number of ether oxygens (including phenoxy) is 1. The van der Waals surface area contributed by atoms with Crippen LogP contribution in [0.15, 0.2) is 65.7 Å². The van der Waals surface area contributed by atoms with Gasteiger partial charge in [0.2, 0.25) is 5.91 Å². The van der Waals surface area contributed by atoms with E-state index in [1.54, 1.807) is 30.3 Å². The molecule has 0 bridgehead atoms. The van der Waals surface area contributed by atoms with Crippen molar-refractivity contribution >= 4 is 52.6 Å². The molecule has 0 aliphatic carbocycles. The van der Waals surface area contributed by atoms with Gasteiger partial charge in [-0.25, -0.2) is 9.79 Å². The molecule has 41 heavy (non-hydrogen) atoms. The van der Waals surface area contributed by atoms with Crippen LogP contribution in [0.25, 0.3) is 11.1 Å². The SMILES string of the molecule is NC(N)=Nc1ccc2c(c1)[C@@H](NCC(=O)NC[C@@H](NC(=O)c1c(Cl)cc(-c3ccccc3)cc1Cl)C(=O)O)CCO2.